The summed E-state index contributed by atoms with van der Waals surface area (Å²) in [5, 5.41) is 0. The lowest BCUT2D eigenvalue weighted by Gasteiger charge is -2.59. The fourth-order valence-electron chi connectivity index (χ4n) is 14.9. The van der Waals surface area contributed by atoms with Crippen molar-refractivity contribution in [2.45, 2.75) is 191 Å². The monoisotopic (exact) mass is 602 g/mol. The summed E-state index contributed by atoms with van der Waals surface area (Å²) in [6.45, 7) is 0. The summed E-state index contributed by atoms with van der Waals surface area (Å²) in [5.74, 6) is 6.11. The van der Waals surface area contributed by atoms with E-state index in [0.717, 1.165) is 41.9 Å². The van der Waals surface area contributed by atoms with Crippen molar-refractivity contribution in [2.75, 3.05) is 0 Å². The molecule has 4 heteroatoms. The van der Waals surface area contributed by atoms with E-state index in [1.54, 1.807) is 0 Å². The van der Waals surface area contributed by atoms with Gasteiger partial charge in [0, 0.05) is 24.2 Å². The number of carbonyl (C=O) groups excluding carboxylic acids is 2. The van der Waals surface area contributed by atoms with E-state index in [2.05, 4.69) is 9.80 Å². The lowest BCUT2D eigenvalue weighted by atomic mass is 9.49. The molecule has 2 atom stereocenters. The number of nitrogens with zero attached hydrogens (tertiary/aromatic N) is 2. The van der Waals surface area contributed by atoms with Crippen LogP contribution in [-0.2, 0) is 9.59 Å². The highest BCUT2D eigenvalue weighted by Crippen LogP contribution is 2.62. The highest BCUT2D eigenvalue weighted by Gasteiger charge is 2.59. The molecule has 0 heterocycles. The van der Waals surface area contributed by atoms with Crippen LogP contribution in [0.2, 0.25) is 0 Å². The molecule has 11 fully saturated rings. The zero-order valence-corrected chi connectivity index (χ0v) is 27.9. The highest BCUT2D eigenvalue weighted by atomic mass is 16.2. The number of carbonyl (C=O) groups is 2. The van der Waals surface area contributed by atoms with Crippen LogP contribution in [0.1, 0.15) is 167 Å². The molecule has 11 saturated carbocycles. The maximum Gasteiger partial charge on any atom is 0.229 e. The first-order chi connectivity index (χ1) is 21.5. The van der Waals surface area contributed by atoms with E-state index in [1.165, 1.54) is 161 Å². The van der Waals surface area contributed by atoms with Gasteiger partial charge < -0.3 is 9.80 Å². The van der Waals surface area contributed by atoms with Crippen molar-refractivity contribution in [3.63, 3.8) is 0 Å². The minimum atomic E-state index is -0.0444. The second kappa shape index (κ2) is 11.3. The van der Waals surface area contributed by atoms with E-state index >= 15 is 9.59 Å². The topological polar surface area (TPSA) is 40.6 Å². The molecule has 11 rings (SSSR count). The zero-order valence-electron chi connectivity index (χ0n) is 27.9. The molecule has 11 aliphatic carbocycles. The van der Waals surface area contributed by atoms with Gasteiger partial charge in [0.05, 0.1) is 10.8 Å². The van der Waals surface area contributed by atoms with E-state index in [1.807, 2.05) is 0 Å². The fourth-order valence-corrected chi connectivity index (χ4v) is 14.9. The summed E-state index contributed by atoms with van der Waals surface area (Å²) in [5.41, 5.74) is -0.0889. The molecule has 2 amide bonds. The van der Waals surface area contributed by atoms with E-state index in [4.69, 9.17) is 0 Å². The third-order valence-electron chi connectivity index (χ3n) is 15.8. The van der Waals surface area contributed by atoms with Crippen molar-refractivity contribution >= 4 is 11.8 Å². The summed E-state index contributed by atoms with van der Waals surface area (Å²) in [6.07, 6.45) is 33.0. The van der Waals surface area contributed by atoms with Crippen molar-refractivity contribution in [1.29, 1.82) is 0 Å². The van der Waals surface area contributed by atoms with Gasteiger partial charge in [-0.2, -0.15) is 0 Å². The van der Waals surface area contributed by atoms with Crippen LogP contribution in [0.3, 0.4) is 0 Å². The molecule has 4 nitrogen and oxygen atoms in total. The summed E-state index contributed by atoms with van der Waals surface area (Å²) in [7, 11) is 0. The predicted molar refractivity (Wildman–Crippen MR) is 175 cm³/mol. The van der Waals surface area contributed by atoms with Crippen LogP contribution in [-0.4, -0.2) is 45.8 Å². The number of amides is 2. The molecule has 0 radical (unpaired) electrons. The smallest absolute Gasteiger partial charge is 0.229 e. The van der Waals surface area contributed by atoms with E-state index < -0.39 is 0 Å². The first kappa shape index (κ1) is 29.1. The van der Waals surface area contributed by atoms with Crippen LogP contribution in [0.15, 0.2) is 0 Å². The van der Waals surface area contributed by atoms with Gasteiger partial charge in [-0.1, -0.05) is 38.5 Å². The largest absolute Gasteiger partial charge is 0.336 e. The lowest BCUT2D eigenvalue weighted by molar-refractivity contribution is -0.169. The van der Waals surface area contributed by atoms with Crippen LogP contribution in [0, 0.1) is 46.3 Å². The molecule has 0 aromatic rings. The lowest BCUT2D eigenvalue weighted by Crippen LogP contribution is -2.62. The van der Waals surface area contributed by atoms with E-state index in [9.17, 15) is 0 Å². The third kappa shape index (κ3) is 4.94. The summed E-state index contributed by atoms with van der Waals surface area (Å²) in [6, 6.07) is 1.62. The second-order valence-electron chi connectivity index (χ2n) is 18.9. The van der Waals surface area contributed by atoms with Crippen molar-refractivity contribution in [3.8, 4) is 0 Å². The van der Waals surface area contributed by atoms with Crippen molar-refractivity contribution in [1.82, 2.24) is 9.80 Å². The first-order valence-electron chi connectivity index (χ1n) is 20.1. The van der Waals surface area contributed by atoms with Crippen LogP contribution < -0.4 is 0 Å². The molecule has 0 aromatic carbocycles. The maximum absolute atomic E-state index is 15.2. The Bertz CT molecular complexity index is 946. The Morgan fingerprint density at radius 1 is 0.364 bits per heavy atom. The normalized spacial score (nSPS) is 46.7. The molecule has 0 spiro atoms. The standard InChI is InChI=1S/C40H62N2O2/c43-37(39-21-27-14-28(22-39)16-29(15-27)23-39)41(33-8-3-1-4-9-33)35-12-7-13-36(20-35)42(34-10-5-2-6-11-34)38(44)40-24-30-17-31(25-40)19-32(18-30)26-40/h27-36H,1-26H2. The van der Waals surface area contributed by atoms with Gasteiger partial charge in [0.1, 0.15) is 0 Å². The first-order valence-corrected chi connectivity index (χ1v) is 20.1. The average molecular weight is 603 g/mol. The molecule has 11 aliphatic rings. The SMILES string of the molecule is O=C(N(C1CCCCC1)C1CCCC(N(C(=O)C23CC4CC(CC(C4)C2)C3)C2CCCCC2)C1)C12CC3CC(CC(C3)C1)C2. The second-order valence-corrected chi connectivity index (χ2v) is 18.9. The average Bonchev–Trinajstić information content (AvgIpc) is 3.01. The molecule has 0 aromatic heterocycles. The Morgan fingerprint density at radius 2 is 0.659 bits per heavy atom. The predicted octanol–water partition coefficient (Wildman–Crippen LogP) is 9.05. The Hall–Kier alpha value is -1.06. The summed E-state index contributed by atoms with van der Waals surface area (Å²) < 4.78 is 0. The van der Waals surface area contributed by atoms with Gasteiger partial charge in [-0.05, 0) is 164 Å². The van der Waals surface area contributed by atoms with Crippen molar-refractivity contribution in [3.05, 3.63) is 0 Å². The van der Waals surface area contributed by atoms with Crippen molar-refractivity contribution in [2.24, 2.45) is 46.3 Å². The fraction of sp³-hybridized carbons (Fsp3) is 0.950. The minimum Gasteiger partial charge on any atom is -0.336 e. The molecular weight excluding hydrogens is 540 g/mol. The summed E-state index contributed by atoms with van der Waals surface area (Å²) in [4.78, 5) is 35.6. The Balaban J connectivity index is 1.01. The van der Waals surface area contributed by atoms with Crippen LogP contribution in [0.25, 0.3) is 0 Å². The highest BCUT2D eigenvalue weighted by molar-refractivity contribution is 5.85. The quantitative estimate of drug-likeness (QED) is 0.304. The molecular formula is C40H62N2O2. The van der Waals surface area contributed by atoms with Crippen LogP contribution in [0.5, 0.6) is 0 Å². The molecule has 8 bridgehead atoms. The Labute approximate surface area is 268 Å². The molecule has 0 N–H and O–H groups in total. The number of rotatable bonds is 6. The molecule has 244 valence electrons. The third-order valence-corrected chi connectivity index (χ3v) is 15.8. The molecule has 44 heavy (non-hydrogen) atoms. The van der Waals surface area contributed by atoms with Gasteiger partial charge in [-0.25, -0.2) is 0 Å². The van der Waals surface area contributed by atoms with Gasteiger partial charge in [-0.3, -0.25) is 9.59 Å². The van der Waals surface area contributed by atoms with Gasteiger partial charge in [0.15, 0.2) is 0 Å². The van der Waals surface area contributed by atoms with Crippen LogP contribution >= 0.6 is 0 Å². The van der Waals surface area contributed by atoms with Gasteiger partial charge in [0.2, 0.25) is 11.8 Å². The summed E-state index contributed by atoms with van der Waals surface area (Å²) >= 11 is 0. The molecule has 0 aliphatic heterocycles. The van der Waals surface area contributed by atoms with Crippen LogP contribution in [0.4, 0.5) is 0 Å². The number of hydrogen-bond donors (Lipinski definition) is 0. The van der Waals surface area contributed by atoms with Gasteiger partial charge >= 0.3 is 0 Å². The Morgan fingerprint density at radius 3 is 0.977 bits per heavy atom. The van der Waals surface area contributed by atoms with E-state index in [-0.39, 0.29) is 10.8 Å². The maximum atomic E-state index is 15.2. The zero-order chi connectivity index (χ0) is 29.5. The molecule has 0 saturated heterocycles. The Kier molecular flexibility index (Phi) is 7.46. The number of hydrogen-bond acceptors (Lipinski definition) is 2. The molecule has 2 unspecified atom stereocenters. The van der Waals surface area contributed by atoms with Gasteiger partial charge in [-0.15, -0.1) is 0 Å². The minimum absolute atomic E-state index is 0.0444. The van der Waals surface area contributed by atoms with E-state index in [0.29, 0.717) is 36.0 Å². The van der Waals surface area contributed by atoms with Crippen molar-refractivity contribution < 1.29 is 9.59 Å². The van der Waals surface area contributed by atoms with Gasteiger partial charge in [0.25, 0.3) is 0 Å².